The minimum absolute atomic E-state index is 0.102. The highest BCUT2D eigenvalue weighted by Gasteiger charge is 2.27. The molecule has 0 radical (unpaired) electrons. The highest BCUT2D eigenvalue weighted by atomic mass is 32.2. The number of nitro groups is 2. The number of hydrogen-bond acceptors (Lipinski definition) is 8. The van der Waals surface area contributed by atoms with Gasteiger partial charge >= 0.3 is 0 Å². The Morgan fingerprint density at radius 1 is 0.606 bits per heavy atom. The molecule has 0 aliphatic heterocycles. The van der Waals surface area contributed by atoms with Gasteiger partial charge in [-0.05, 0) is 48.5 Å². The molecule has 0 N–H and O–H groups in total. The molecule has 4 rings (SSSR count). The molecule has 0 saturated heterocycles. The second-order valence-corrected chi connectivity index (χ2v) is 8.70. The summed E-state index contributed by atoms with van der Waals surface area (Å²) in [6.45, 7) is 0. The minimum Gasteiger partial charge on any atom is -0.258 e. The van der Waals surface area contributed by atoms with Gasteiger partial charge < -0.3 is 0 Å². The molecule has 4 aromatic rings. The number of rotatable bonds is 6. The van der Waals surface area contributed by atoms with Crippen LogP contribution in [0.25, 0.3) is 22.5 Å². The van der Waals surface area contributed by atoms with E-state index in [4.69, 9.17) is 0 Å². The highest BCUT2D eigenvalue weighted by Crippen LogP contribution is 2.34. The Morgan fingerprint density at radius 3 is 1.30 bits per heavy atom. The average molecular weight is 462 g/mol. The Kier molecular flexibility index (Phi) is 5.63. The third-order valence-electron chi connectivity index (χ3n) is 4.82. The summed E-state index contributed by atoms with van der Waals surface area (Å²) in [7, 11) is -4.14. The maximum Gasteiger partial charge on any atom is 0.269 e. The molecule has 11 heteroatoms. The maximum atomic E-state index is 13.7. The van der Waals surface area contributed by atoms with Crippen LogP contribution in [0.15, 0.2) is 95.0 Å². The zero-order valence-electron chi connectivity index (χ0n) is 16.7. The van der Waals surface area contributed by atoms with Crippen LogP contribution in [0.1, 0.15) is 0 Å². The van der Waals surface area contributed by atoms with Crippen LogP contribution in [0.4, 0.5) is 11.4 Å². The SMILES string of the molecule is O=[N+]([O-])c1ccc(-c2ncccc2S(=O)(=O)c2cccnc2-c2ccc([N+](=O)[O-])cc2)cc1. The van der Waals surface area contributed by atoms with Gasteiger partial charge in [-0.2, -0.15) is 0 Å². The maximum absolute atomic E-state index is 13.7. The van der Waals surface area contributed by atoms with Crippen LogP contribution in [0.3, 0.4) is 0 Å². The van der Waals surface area contributed by atoms with E-state index in [1.807, 2.05) is 0 Å². The third-order valence-corrected chi connectivity index (χ3v) is 6.64. The lowest BCUT2D eigenvalue weighted by Crippen LogP contribution is -2.08. The molecular formula is C22H14N4O6S. The van der Waals surface area contributed by atoms with E-state index in [9.17, 15) is 28.6 Å². The van der Waals surface area contributed by atoms with Crippen LogP contribution in [0.2, 0.25) is 0 Å². The normalized spacial score (nSPS) is 11.2. The van der Waals surface area contributed by atoms with Gasteiger partial charge in [0.2, 0.25) is 9.84 Å². The van der Waals surface area contributed by atoms with Gasteiger partial charge in [0.1, 0.15) is 0 Å². The van der Waals surface area contributed by atoms with Crippen molar-refractivity contribution in [3.63, 3.8) is 0 Å². The lowest BCUT2D eigenvalue weighted by Gasteiger charge is -2.13. The molecule has 0 fully saturated rings. The molecule has 0 aliphatic rings. The quantitative estimate of drug-likeness (QED) is 0.301. The van der Waals surface area contributed by atoms with Gasteiger partial charge in [0, 0.05) is 47.8 Å². The zero-order valence-corrected chi connectivity index (χ0v) is 17.5. The lowest BCUT2D eigenvalue weighted by molar-refractivity contribution is -0.385. The van der Waals surface area contributed by atoms with Crippen LogP contribution in [0, 0.1) is 20.2 Å². The largest absolute Gasteiger partial charge is 0.269 e. The van der Waals surface area contributed by atoms with E-state index in [1.165, 1.54) is 85.2 Å². The summed E-state index contributed by atoms with van der Waals surface area (Å²) < 4.78 is 27.4. The number of aromatic nitrogens is 2. The van der Waals surface area contributed by atoms with Gasteiger partial charge in [-0.1, -0.05) is 0 Å². The van der Waals surface area contributed by atoms with E-state index in [1.54, 1.807) is 0 Å². The van der Waals surface area contributed by atoms with Crippen LogP contribution >= 0.6 is 0 Å². The first kappa shape index (κ1) is 21.7. The summed E-state index contributed by atoms with van der Waals surface area (Å²) in [4.78, 5) is 29.0. The Hall–Kier alpha value is -4.51. The van der Waals surface area contributed by atoms with E-state index < -0.39 is 19.7 Å². The molecule has 0 bridgehead atoms. The molecule has 164 valence electrons. The van der Waals surface area contributed by atoms with Gasteiger partial charge in [0.05, 0.1) is 31.0 Å². The van der Waals surface area contributed by atoms with Crippen LogP contribution in [0.5, 0.6) is 0 Å². The topological polar surface area (TPSA) is 146 Å². The Bertz CT molecular complexity index is 1360. The molecular weight excluding hydrogens is 448 g/mol. The van der Waals surface area contributed by atoms with Crippen molar-refractivity contribution in [2.75, 3.05) is 0 Å². The van der Waals surface area contributed by atoms with Crippen molar-refractivity contribution < 1.29 is 18.3 Å². The molecule has 2 aromatic carbocycles. The fourth-order valence-corrected chi connectivity index (χ4v) is 4.85. The van der Waals surface area contributed by atoms with Crippen molar-refractivity contribution in [3.05, 3.63) is 105 Å². The van der Waals surface area contributed by atoms with E-state index >= 15 is 0 Å². The summed E-state index contributed by atoms with van der Waals surface area (Å²) in [6, 6.07) is 16.5. The van der Waals surface area contributed by atoms with Gasteiger partial charge in [-0.25, -0.2) is 8.42 Å². The van der Waals surface area contributed by atoms with Gasteiger partial charge in [0.25, 0.3) is 11.4 Å². The highest BCUT2D eigenvalue weighted by molar-refractivity contribution is 7.91. The zero-order chi connectivity index (χ0) is 23.6. The third kappa shape index (κ3) is 4.16. The molecule has 0 spiro atoms. The number of sulfone groups is 1. The van der Waals surface area contributed by atoms with Crippen molar-refractivity contribution in [1.82, 2.24) is 9.97 Å². The van der Waals surface area contributed by atoms with Crippen LogP contribution < -0.4 is 0 Å². The number of pyridine rings is 2. The van der Waals surface area contributed by atoms with Gasteiger partial charge in [-0.15, -0.1) is 0 Å². The summed E-state index contributed by atoms with van der Waals surface area (Å²) >= 11 is 0. The van der Waals surface area contributed by atoms with E-state index in [0.717, 1.165) is 0 Å². The summed E-state index contributed by atoms with van der Waals surface area (Å²) in [6.07, 6.45) is 2.85. The molecule has 0 unspecified atom stereocenters. The molecule has 2 aromatic heterocycles. The van der Waals surface area contributed by atoms with Gasteiger partial charge in [0.15, 0.2) is 0 Å². The minimum atomic E-state index is -4.14. The lowest BCUT2D eigenvalue weighted by atomic mass is 10.1. The van der Waals surface area contributed by atoms with E-state index in [2.05, 4.69) is 9.97 Å². The molecule has 0 atom stereocenters. The summed E-state index contributed by atoms with van der Waals surface area (Å²) in [5, 5.41) is 21.9. The second kappa shape index (κ2) is 8.55. The monoisotopic (exact) mass is 462 g/mol. The fraction of sp³-hybridized carbons (Fsp3) is 0. The number of non-ortho nitro benzene ring substituents is 2. The van der Waals surface area contributed by atoms with Crippen molar-refractivity contribution in [2.24, 2.45) is 0 Å². The van der Waals surface area contributed by atoms with E-state index in [-0.39, 0.29) is 32.6 Å². The average Bonchev–Trinajstić information content (AvgIpc) is 2.84. The molecule has 0 saturated carbocycles. The standard InChI is InChI=1S/C22H14N4O6S/c27-25(28)17-9-5-15(6-10-17)21-19(3-1-13-23-21)33(31,32)20-4-2-14-24-22(20)16-7-11-18(12-8-16)26(29)30/h1-14H. The summed E-state index contributed by atoms with van der Waals surface area (Å²) in [5.41, 5.74) is 0.775. The number of nitro benzene ring substituents is 2. The Morgan fingerprint density at radius 2 is 0.970 bits per heavy atom. The Balaban J connectivity index is 1.84. The predicted molar refractivity (Wildman–Crippen MR) is 118 cm³/mol. The predicted octanol–water partition coefficient (Wildman–Crippen LogP) is 4.46. The molecule has 10 nitrogen and oxygen atoms in total. The summed E-state index contributed by atoms with van der Waals surface area (Å²) in [5.74, 6) is 0. The molecule has 0 amide bonds. The van der Waals surface area contributed by atoms with Gasteiger partial charge in [-0.3, -0.25) is 30.2 Å². The number of hydrogen-bond donors (Lipinski definition) is 0. The van der Waals surface area contributed by atoms with Crippen molar-refractivity contribution in [2.45, 2.75) is 9.79 Å². The molecule has 0 aliphatic carbocycles. The first-order valence-electron chi connectivity index (χ1n) is 9.44. The van der Waals surface area contributed by atoms with E-state index in [0.29, 0.717) is 11.1 Å². The Labute approximate surface area is 187 Å². The molecule has 2 heterocycles. The number of benzene rings is 2. The molecule has 33 heavy (non-hydrogen) atoms. The van der Waals surface area contributed by atoms with Crippen molar-refractivity contribution in [1.29, 1.82) is 0 Å². The number of nitrogens with zero attached hydrogens (tertiary/aromatic N) is 4. The smallest absolute Gasteiger partial charge is 0.258 e. The van der Waals surface area contributed by atoms with Crippen LogP contribution in [-0.2, 0) is 9.84 Å². The second-order valence-electron chi connectivity index (χ2n) is 6.81. The van der Waals surface area contributed by atoms with Crippen molar-refractivity contribution >= 4 is 21.2 Å². The first-order valence-corrected chi connectivity index (χ1v) is 10.9. The van der Waals surface area contributed by atoms with Crippen LogP contribution in [-0.4, -0.2) is 28.2 Å². The first-order chi connectivity index (χ1) is 15.8. The fourth-order valence-electron chi connectivity index (χ4n) is 3.25. The van der Waals surface area contributed by atoms with Crippen molar-refractivity contribution in [3.8, 4) is 22.5 Å².